The molecule has 6 aromatic rings. The number of amides is 2. The summed E-state index contributed by atoms with van der Waals surface area (Å²) >= 11 is 0. The minimum atomic E-state index is -0.523. The maximum Gasteiger partial charge on any atom is 0.337 e. The molecule has 0 aliphatic heterocycles. The Hall–Kier alpha value is -6.43. The van der Waals surface area contributed by atoms with Gasteiger partial charge in [0.15, 0.2) is 0 Å². The molecule has 2 amide bonds. The van der Waals surface area contributed by atoms with Gasteiger partial charge >= 0.3 is 12.0 Å². The Morgan fingerprint density at radius 3 is 2.47 bits per heavy atom. The van der Waals surface area contributed by atoms with Crippen LogP contribution in [0.25, 0.3) is 16.5 Å². The van der Waals surface area contributed by atoms with Crippen molar-refractivity contribution in [1.82, 2.24) is 19.7 Å². The number of fused-ring (bicyclic) bond motifs is 1. The summed E-state index contributed by atoms with van der Waals surface area (Å²) in [6, 6.07) is 27.7. The standard InChI is InChI=1S/C33H27N7O5/c1-20-10-12-23(13-11-20)40-28(19-29(41)39-40)37-33(43)36-26-14-15-27(25-9-4-3-8-24(25)26)45-30-16-17-34-32(38-30)35-22-7-5-6-21(18-22)31(42)44-2/h3-19H,1-2H3,(H,39,41)(H,34,35,38)(H2,36,37,43). The summed E-state index contributed by atoms with van der Waals surface area (Å²) in [5.74, 6) is 0.677. The number of carbonyl (C=O) groups is 2. The van der Waals surface area contributed by atoms with Crippen LogP contribution in [0.4, 0.5) is 27.9 Å². The molecule has 0 aliphatic rings. The lowest BCUT2D eigenvalue weighted by Crippen LogP contribution is -2.21. The fourth-order valence-electron chi connectivity index (χ4n) is 4.62. The average Bonchev–Trinajstić information content (AvgIpc) is 3.41. The predicted octanol–water partition coefficient (Wildman–Crippen LogP) is 6.80. The Morgan fingerprint density at radius 2 is 1.67 bits per heavy atom. The molecule has 0 aliphatic carbocycles. The molecule has 0 unspecified atom stereocenters. The Labute approximate surface area is 257 Å². The number of nitrogens with one attached hydrogen (secondary N) is 3. The zero-order valence-corrected chi connectivity index (χ0v) is 24.2. The van der Waals surface area contributed by atoms with Gasteiger partial charge in [-0.1, -0.05) is 48.0 Å². The van der Waals surface area contributed by atoms with Gasteiger partial charge in [0.2, 0.25) is 17.7 Å². The molecule has 6 rings (SSSR count). The number of anilines is 4. The van der Waals surface area contributed by atoms with Crippen LogP contribution >= 0.6 is 0 Å². The smallest absolute Gasteiger partial charge is 0.337 e. The first kappa shape index (κ1) is 28.7. The molecule has 0 spiro atoms. The number of nitrogens with zero attached hydrogens (tertiary/aromatic N) is 4. The largest absolute Gasteiger partial charge is 0.492 e. The van der Waals surface area contributed by atoms with E-state index in [1.165, 1.54) is 17.9 Å². The van der Waals surface area contributed by atoms with Crippen LogP contribution in [0.3, 0.4) is 0 Å². The molecule has 4 aromatic carbocycles. The monoisotopic (exact) mass is 601 g/mol. The number of esters is 1. The van der Waals surface area contributed by atoms with Crippen LogP contribution in [0.5, 0.6) is 17.5 Å². The van der Waals surface area contributed by atoms with Crippen LogP contribution in [-0.2, 0) is 4.74 Å². The van der Waals surface area contributed by atoms with Crippen LogP contribution in [0.2, 0.25) is 0 Å². The molecule has 12 nitrogen and oxygen atoms in total. The van der Waals surface area contributed by atoms with Crippen molar-refractivity contribution in [3.05, 3.63) is 114 Å². The lowest BCUT2D eigenvalue weighted by Gasteiger charge is -2.14. The van der Waals surface area contributed by atoms with E-state index in [-0.39, 0.29) is 17.7 Å². The zero-order chi connectivity index (χ0) is 31.3. The van der Waals surface area contributed by atoms with Crippen molar-refractivity contribution in [3.63, 3.8) is 0 Å². The van der Waals surface area contributed by atoms with E-state index in [1.54, 1.807) is 48.7 Å². The first-order valence-corrected chi connectivity index (χ1v) is 13.8. The van der Waals surface area contributed by atoms with Crippen LogP contribution in [-0.4, -0.2) is 44.0 Å². The number of urea groups is 1. The number of benzene rings is 4. The topological polar surface area (TPSA) is 153 Å². The van der Waals surface area contributed by atoms with Gasteiger partial charge in [0.05, 0.1) is 24.0 Å². The van der Waals surface area contributed by atoms with E-state index in [0.29, 0.717) is 34.2 Å². The van der Waals surface area contributed by atoms with E-state index < -0.39 is 12.0 Å². The second-order valence-corrected chi connectivity index (χ2v) is 9.89. The van der Waals surface area contributed by atoms with Crippen molar-refractivity contribution >= 4 is 45.9 Å². The molecular weight excluding hydrogens is 574 g/mol. The first-order valence-electron chi connectivity index (χ1n) is 13.8. The second-order valence-electron chi connectivity index (χ2n) is 9.89. The van der Waals surface area contributed by atoms with Crippen molar-refractivity contribution in [3.8, 4) is 23.2 Å². The number of methoxy groups -OCH3 is 1. The molecule has 0 atom stereocenters. The minimum absolute atomic E-state index is 0.226. The highest BCUT2D eigenvalue weighted by atomic mass is 16.5. The number of aryl methyl sites for hydroxylation is 1. The number of hydrogen-bond acceptors (Lipinski definition) is 9. The van der Waals surface area contributed by atoms with E-state index in [2.05, 4.69) is 31.0 Å². The van der Waals surface area contributed by atoms with Gasteiger partial charge in [-0.25, -0.2) is 19.3 Å². The van der Waals surface area contributed by atoms with Gasteiger partial charge in [0, 0.05) is 34.8 Å². The highest BCUT2D eigenvalue weighted by molar-refractivity contribution is 6.07. The summed E-state index contributed by atoms with van der Waals surface area (Å²) in [7, 11) is 1.32. The number of aromatic nitrogens is 4. The van der Waals surface area contributed by atoms with E-state index in [0.717, 1.165) is 16.3 Å². The maximum absolute atomic E-state index is 13.1. The predicted molar refractivity (Wildman–Crippen MR) is 170 cm³/mol. The van der Waals surface area contributed by atoms with Crippen molar-refractivity contribution < 1.29 is 24.2 Å². The third-order valence-electron chi connectivity index (χ3n) is 6.73. The number of aromatic hydroxyl groups is 1. The zero-order valence-electron chi connectivity index (χ0n) is 24.2. The third-order valence-corrected chi connectivity index (χ3v) is 6.73. The molecule has 12 heteroatoms. The van der Waals surface area contributed by atoms with Gasteiger partial charge in [-0.05, 0) is 49.4 Å². The summed E-state index contributed by atoms with van der Waals surface area (Å²) in [5.41, 5.74) is 3.28. The fraction of sp³-hybridized carbons (Fsp3) is 0.0606. The molecule has 2 aromatic heterocycles. The van der Waals surface area contributed by atoms with E-state index >= 15 is 0 Å². The molecule has 0 radical (unpaired) electrons. The van der Waals surface area contributed by atoms with Crippen LogP contribution in [0.1, 0.15) is 15.9 Å². The van der Waals surface area contributed by atoms with Gasteiger partial charge in [0.25, 0.3) is 0 Å². The Kier molecular flexibility index (Phi) is 7.92. The molecule has 0 fully saturated rings. The highest BCUT2D eigenvalue weighted by Gasteiger charge is 2.15. The van der Waals surface area contributed by atoms with Gasteiger partial charge in [0.1, 0.15) is 11.6 Å². The Balaban J connectivity index is 1.20. The lowest BCUT2D eigenvalue weighted by atomic mass is 10.1. The molecular formula is C33H27N7O5. The van der Waals surface area contributed by atoms with E-state index in [9.17, 15) is 14.7 Å². The van der Waals surface area contributed by atoms with E-state index in [4.69, 9.17) is 9.47 Å². The molecule has 2 heterocycles. The van der Waals surface area contributed by atoms with Gasteiger partial charge in [-0.15, -0.1) is 5.10 Å². The second kappa shape index (κ2) is 12.4. The van der Waals surface area contributed by atoms with Crippen molar-refractivity contribution in [2.75, 3.05) is 23.1 Å². The molecule has 0 bridgehead atoms. The maximum atomic E-state index is 13.1. The van der Waals surface area contributed by atoms with Crippen LogP contribution in [0.15, 0.2) is 103 Å². The minimum Gasteiger partial charge on any atom is -0.492 e. The Morgan fingerprint density at radius 1 is 0.867 bits per heavy atom. The van der Waals surface area contributed by atoms with Gasteiger partial charge in [-0.2, -0.15) is 4.98 Å². The van der Waals surface area contributed by atoms with Crippen molar-refractivity contribution in [1.29, 1.82) is 0 Å². The quantitative estimate of drug-likeness (QED) is 0.138. The van der Waals surface area contributed by atoms with Crippen molar-refractivity contribution in [2.24, 2.45) is 0 Å². The normalized spacial score (nSPS) is 10.7. The molecule has 0 saturated carbocycles. The fourth-order valence-corrected chi connectivity index (χ4v) is 4.62. The van der Waals surface area contributed by atoms with Crippen LogP contribution in [0, 0.1) is 6.92 Å². The highest BCUT2D eigenvalue weighted by Crippen LogP contribution is 2.34. The number of rotatable bonds is 8. The Bertz CT molecular complexity index is 2020. The molecule has 45 heavy (non-hydrogen) atoms. The van der Waals surface area contributed by atoms with Crippen molar-refractivity contribution in [2.45, 2.75) is 6.92 Å². The first-order chi connectivity index (χ1) is 21.9. The summed E-state index contributed by atoms with van der Waals surface area (Å²) in [6.45, 7) is 1.97. The van der Waals surface area contributed by atoms with Gasteiger partial charge in [-0.3, -0.25) is 5.32 Å². The van der Waals surface area contributed by atoms with E-state index in [1.807, 2.05) is 55.5 Å². The lowest BCUT2D eigenvalue weighted by molar-refractivity contribution is 0.0600. The molecule has 0 saturated heterocycles. The summed E-state index contributed by atoms with van der Waals surface area (Å²) < 4.78 is 12.4. The molecule has 224 valence electrons. The number of ether oxygens (including phenoxy) is 2. The van der Waals surface area contributed by atoms with Crippen LogP contribution < -0.4 is 20.7 Å². The third kappa shape index (κ3) is 6.49. The number of hydrogen-bond donors (Lipinski definition) is 4. The summed E-state index contributed by atoms with van der Waals surface area (Å²) in [6.07, 6.45) is 1.55. The number of carbonyl (C=O) groups excluding carboxylic acids is 2. The average molecular weight is 602 g/mol. The molecule has 4 N–H and O–H groups in total. The van der Waals surface area contributed by atoms with Gasteiger partial charge < -0.3 is 25.2 Å². The SMILES string of the molecule is COC(=O)c1cccc(Nc2nccc(Oc3ccc(NC(=O)Nc4cc(O)nn4-c4ccc(C)cc4)c4ccccc34)n2)c1. The summed E-state index contributed by atoms with van der Waals surface area (Å²) in [4.78, 5) is 33.7. The summed E-state index contributed by atoms with van der Waals surface area (Å²) in [5, 5.41) is 24.3.